The first-order chi connectivity index (χ1) is 7.84. The van der Waals surface area contributed by atoms with E-state index in [9.17, 15) is 0 Å². The Morgan fingerprint density at radius 1 is 1.50 bits per heavy atom. The van der Waals surface area contributed by atoms with E-state index < -0.39 is 0 Å². The van der Waals surface area contributed by atoms with E-state index in [0.717, 1.165) is 19.2 Å². The van der Waals surface area contributed by atoms with Gasteiger partial charge in [0.05, 0.1) is 12.7 Å². The first kappa shape index (κ1) is 12.1. The molecule has 0 amide bonds. The van der Waals surface area contributed by atoms with Crippen molar-refractivity contribution in [2.24, 2.45) is 0 Å². The molecular formula is C13H21NOS. The minimum Gasteiger partial charge on any atom is -0.372 e. The van der Waals surface area contributed by atoms with Gasteiger partial charge in [-0.3, -0.25) is 0 Å². The SMILES string of the molecule is CC(CNC1CCCC1)OCc1cccs1. The van der Waals surface area contributed by atoms with Crippen molar-refractivity contribution >= 4 is 11.3 Å². The van der Waals surface area contributed by atoms with E-state index in [0.29, 0.717) is 6.10 Å². The van der Waals surface area contributed by atoms with Crippen LogP contribution in [0.25, 0.3) is 0 Å². The van der Waals surface area contributed by atoms with Gasteiger partial charge in [0.1, 0.15) is 0 Å². The minimum atomic E-state index is 0.308. The molecule has 1 unspecified atom stereocenters. The standard InChI is InChI=1S/C13H21NOS/c1-11(9-14-12-5-2-3-6-12)15-10-13-7-4-8-16-13/h4,7-8,11-12,14H,2-3,5-6,9-10H2,1H3. The van der Waals surface area contributed by atoms with Gasteiger partial charge < -0.3 is 10.1 Å². The quantitative estimate of drug-likeness (QED) is 0.823. The van der Waals surface area contributed by atoms with Gasteiger partial charge in [-0.05, 0) is 31.2 Å². The topological polar surface area (TPSA) is 21.3 Å². The van der Waals surface area contributed by atoms with Crippen LogP contribution in [0.4, 0.5) is 0 Å². The maximum Gasteiger partial charge on any atom is 0.0813 e. The zero-order chi connectivity index (χ0) is 11.2. The third-order valence-electron chi connectivity index (χ3n) is 3.14. The highest BCUT2D eigenvalue weighted by Crippen LogP contribution is 2.17. The molecule has 0 aromatic carbocycles. The van der Waals surface area contributed by atoms with E-state index in [1.807, 2.05) is 0 Å². The molecule has 0 saturated heterocycles. The molecule has 1 aliphatic carbocycles. The van der Waals surface area contributed by atoms with E-state index in [1.54, 1.807) is 11.3 Å². The van der Waals surface area contributed by atoms with Gasteiger partial charge in [-0.25, -0.2) is 0 Å². The van der Waals surface area contributed by atoms with Crippen molar-refractivity contribution in [3.8, 4) is 0 Å². The third kappa shape index (κ3) is 3.89. The Bertz CT molecular complexity index is 280. The lowest BCUT2D eigenvalue weighted by Crippen LogP contribution is -2.33. The summed E-state index contributed by atoms with van der Waals surface area (Å²) in [6.07, 6.45) is 5.78. The van der Waals surface area contributed by atoms with Gasteiger partial charge in [0.25, 0.3) is 0 Å². The van der Waals surface area contributed by atoms with Crippen LogP contribution in [0.2, 0.25) is 0 Å². The van der Waals surface area contributed by atoms with Gasteiger partial charge >= 0.3 is 0 Å². The molecule has 1 atom stereocenters. The Morgan fingerprint density at radius 2 is 2.31 bits per heavy atom. The predicted octanol–water partition coefficient (Wildman–Crippen LogP) is 3.19. The van der Waals surface area contributed by atoms with E-state index in [1.165, 1.54) is 30.6 Å². The molecule has 1 aliphatic rings. The average Bonchev–Trinajstić information content (AvgIpc) is 2.96. The van der Waals surface area contributed by atoms with Crippen LogP contribution in [-0.2, 0) is 11.3 Å². The molecule has 3 heteroatoms. The molecule has 1 N–H and O–H groups in total. The zero-order valence-corrected chi connectivity index (χ0v) is 10.8. The molecule has 2 rings (SSSR count). The lowest BCUT2D eigenvalue weighted by Gasteiger charge is -2.17. The van der Waals surface area contributed by atoms with Gasteiger partial charge in [0, 0.05) is 17.5 Å². The van der Waals surface area contributed by atoms with Crippen LogP contribution in [0.3, 0.4) is 0 Å². The molecule has 2 nitrogen and oxygen atoms in total. The van der Waals surface area contributed by atoms with Gasteiger partial charge in [-0.15, -0.1) is 11.3 Å². The normalized spacial score (nSPS) is 19.1. The minimum absolute atomic E-state index is 0.308. The molecule has 16 heavy (non-hydrogen) atoms. The van der Waals surface area contributed by atoms with Crippen molar-refractivity contribution in [1.29, 1.82) is 0 Å². The summed E-state index contributed by atoms with van der Waals surface area (Å²) in [4.78, 5) is 1.31. The molecule has 0 aliphatic heterocycles. The molecule has 0 radical (unpaired) electrons. The van der Waals surface area contributed by atoms with Crippen LogP contribution in [0, 0.1) is 0 Å². The van der Waals surface area contributed by atoms with E-state index in [2.05, 4.69) is 29.8 Å². The number of nitrogens with one attached hydrogen (secondary N) is 1. The molecular weight excluding hydrogens is 218 g/mol. The lowest BCUT2D eigenvalue weighted by molar-refractivity contribution is 0.0531. The first-order valence-electron chi connectivity index (χ1n) is 6.22. The second kappa shape index (κ2) is 6.38. The Morgan fingerprint density at radius 3 is 3.00 bits per heavy atom. The van der Waals surface area contributed by atoms with Crippen molar-refractivity contribution in [3.05, 3.63) is 22.4 Å². The summed E-state index contributed by atoms with van der Waals surface area (Å²) in [6.45, 7) is 3.89. The monoisotopic (exact) mass is 239 g/mol. The van der Waals surface area contributed by atoms with Crippen molar-refractivity contribution in [2.75, 3.05) is 6.54 Å². The first-order valence-corrected chi connectivity index (χ1v) is 7.10. The van der Waals surface area contributed by atoms with E-state index in [4.69, 9.17) is 4.74 Å². The molecule has 1 aromatic heterocycles. The third-order valence-corrected chi connectivity index (χ3v) is 3.99. The van der Waals surface area contributed by atoms with Crippen LogP contribution in [0.5, 0.6) is 0 Å². The summed E-state index contributed by atoms with van der Waals surface area (Å²) >= 11 is 1.76. The van der Waals surface area contributed by atoms with Crippen molar-refractivity contribution in [3.63, 3.8) is 0 Å². The molecule has 0 bridgehead atoms. The fourth-order valence-electron chi connectivity index (χ4n) is 2.14. The summed E-state index contributed by atoms with van der Waals surface area (Å²) in [6, 6.07) is 4.94. The molecule has 1 saturated carbocycles. The van der Waals surface area contributed by atoms with Crippen LogP contribution < -0.4 is 5.32 Å². The Kier molecular flexibility index (Phi) is 4.82. The Hall–Kier alpha value is -0.380. The number of hydrogen-bond donors (Lipinski definition) is 1. The number of hydrogen-bond acceptors (Lipinski definition) is 3. The van der Waals surface area contributed by atoms with Gasteiger partial charge in [-0.1, -0.05) is 18.9 Å². The van der Waals surface area contributed by atoms with Gasteiger partial charge in [-0.2, -0.15) is 0 Å². The van der Waals surface area contributed by atoms with E-state index >= 15 is 0 Å². The van der Waals surface area contributed by atoms with Crippen LogP contribution in [-0.4, -0.2) is 18.7 Å². The van der Waals surface area contributed by atoms with Crippen molar-refractivity contribution < 1.29 is 4.74 Å². The Labute approximate surface area is 102 Å². The maximum atomic E-state index is 5.79. The highest BCUT2D eigenvalue weighted by molar-refractivity contribution is 7.09. The van der Waals surface area contributed by atoms with Gasteiger partial charge in [0.2, 0.25) is 0 Å². The van der Waals surface area contributed by atoms with Crippen LogP contribution >= 0.6 is 11.3 Å². The highest BCUT2D eigenvalue weighted by Gasteiger charge is 2.15. The van der Waals surface area contributed by atoms with Gasteiger partial charge in [0.15, 0.2) is 0 Å². The summed E-state index contributed by atoms with van der Waals surface area (Å²) in [7, 11) is 0. The number of rotatable bonds is 6. The molecule has 0 spiro atoms. The second-order valence-corrected chi connectivity index (χ2v) is 5.62. The summed E-state index contributed by atoms with van der Waals surface area (Å²) in [5, 5.41) is 5.69. The van der Waals surface area contributed by atoms with Crippen molar-refractivity contribution in [1.82, 2.24) is 5.32 Å². The Balaban J connectivity index is 1.58. The lowest BCUT2D eigenvalue weighted by atomic mass is 10.2. The van der Waals surface area contributed by atoms with Crippen LogP contribution in [0.1, 0.15) is 37.5 Å². The second-order valence-electron chi connectivity index (χ2n) is 4.59. The van der Waals surface area contributed by atoms with Crippen molar-refractivity contribution in [2.45, 2.75) is 51.4 Å². The fourth-order valence-corrected chi connectivity index (χ4v) is 2.77. The number of ether oxygens (including phenoxy) is 1. The summed E-state index contributed by atoms with van der Waals surface area (Å²) in [5.74, 6) is 0. The zero-order valence-electron chi connectivity index (χ0n) is 9.95. The molecule has 1 fully saturated rings. The highest BCUT2D eigenvalue weighted by atomic mass is 32.1. The van der Waals surface area contributed by atoms with E-state index in [-0.39, 0.29) is 0 Å². The maximum absolute atomic E-state index is 5.79. The average molecular weight is 239 g/mol. The largest absolute Gasteiger partial charge is 0.372 e. The predicted molar refractivity (Wildman–Crippen MR) is 68.8 cm³/mol. The summed E-state index contributed by atoms with van der Waals surface area (Å²) in [5.41, 5.74) is 0. The smallest absolute Gasteiger partial charge is 0.0813 e. The fraction of sp³-hybridized carbons (Fsp3) is 0.692. The summed E-state index contributed by atoms with van der Waals surface area (Å²) < 4.78 is 5.79. The number of thiophene rings is 1. The molecule has 90 valence electrons. The molecule has 1 aromatic rings. The molecule has 1 heterocycles. The van der Waals surface area contributed by atoms with Crippen LogP contribution in [0.15, 0.2) is 17.5 Å².